The first kappa shape index (κ1) is 13.3. The van der Waals surface area contributed by atoms with Crippen LogP contribution in [0.2, 0.25) is 0 Å². The number of pyridine rings is 1. The smallest absolute Gasteiger partial charge is 0.307 e. The minimum absolute atomic E-state index is 0.0611. The molecule has 1 aromatic rings. The second-order valence-electron chi connectivity index (χ2n) is 3.45. The molecule has 7 heteroatoms. The summed E-state index contributed by atoms with van der Waals surface area (Å²) in [5, 5.41) is 0.233. The summed E-state index contributed by atoms with van der Waals surface area (Å²) in [6, 6.07) is 4.54. The molecule has 1 rings (SSSR count). The molecule has 0 saturated heterocycles. The molecule has 0 bridgehead atoms. The number of hydrogen-bond acceptors (Lipinski definition) is 5. The number of hydrogen-bond donors (Lipinski definition) is 0. The first-order chi connectivity index (χ1) is 7.29. The van der Waals surface area contributed by atoms with E-state index in [1.165, 1.54) is 6.07 Å². The summed E-state index contributed by atoms with van der Waals surface area (Å²) in [7, 11) is -3.60. The highest BCUT2D eigenvalue weighted by Crippen LogP contribution is 2.17. The Labute approximate surface area is 98.2 Å². The van der Waals surface area contributed by atoms with Crippen LogP contribution in [0, 0.1) is 0 Å². The molecule has 0 N–H and O–H groups in total. The van der Waals surface area contributed by atoms with Gasteiger partial charge in [-0.15, -0.1) is 0 Å². The van der Waals surface area contributed by atoms with Crippen LogP contribution in [0.1, 0.15) is 13.8 Å². The van der Waals surface area contributed by atoms with E-state index in [4.69, 9.17) is 0 Å². The van der Waals surface area contributed by atoms with E-state index in [0.717, 1.165) is 6.26 Å². The summed E-state index contributed by atoms with van der Waals surface area (Å²) in [5.74, 6) is -0.0611. The highest BCUT2D eigenvalue weighted by atomic mass is 32.2. The quantitative estimate of drug-likeness (QED) is 0.596. The average Bonchev–Trinajstić information content (AvgIpc) is 2.14. The normalized spacial score (nSPS) is 13.8. The molecule has 1 aromatic heterocycles. The summed E-state index contributed by atoms with van der Waals surface area (Å²) in [4.78, 5) is 3.88. The van der Waals surface area contributed by atoms with Crippen LogP contribution in [0.3, 0.4) is 0 Å². The molecule has 90 valence electrons. The molecule has 0 spiro atoms. The van der Waals surface area contributed by atoms with Gasteiger partial charge < -0.3 is 8.74 Å². The molecule has 0 aliphatic heterocycles. The van der Waals surface area contributed by atoms with Crippen LogP contribution < -0.4 is 4.18 Å². The molecule has 1 heterocycles. The van der Waals surface area contributed by atoms with Crippen LogP contribution in [-0.2, 0) is 21.3 Å². The van der Waals surface area contributed by atoms with Crippen molar-refractivity contribution in [3.05, 3.63) is 18.2 Å². The standard InChI is InChI=1S/C9H13NO4S2/c1-7(2)15(11)9-6-4-5-8(10-9)14-16(3,12)13/h4-7H,1-3H3. The Kier molecular flexibility index (Phi) is 4.17. The zero-order chi connectivity index (χ0) is 12.3. The monoisotopic (exact) mass is 263 g/mol. The van der Waals surface area contributed by atoms with Gasteiger partial charge in [0.1, 0.15) is 5.25 Å². The van der Waals surface area contributed by atoms with Crippen LogP contribution in [0.25, 0.3) is 0 Å². The van der Waals surface area contributed by atoms with Gasteiger partial charge in [-0.2, -0.15) is 13.4 Å². The van der Waals surface area contributed by atoms with Gasteiger partial charge in [-0.3, -0.25) is 0 Å². The third-order valence-corrected chi connectivity index (χ3v) is 3.54. The van der Waals surface area contributed by atoms with E-state index in [2.05, 4.69) is 9.17 Å². The molecule has 0 saturated carbocycles. The molecule has 1 atom stereocenters. The fourth-order valence-corrected chi connectivity index (χ4v) is 2.23. The lowest BCUT2D eigenvalue weighted by atomic mass is 10.5. The van der Waals surface area contributed by atoms with E-state index < -0.39 is 21.3 Å². The number of rotatable bonds is 4. The van der Waals surface area contributed by atoms with Crippen LogP contribution in [-0.4, -0.2) is 29.5 Å². The fourth-order valence-electron chi connectivity index (χ4n) is 0.951. The molecule has 0 amide bonds. The first-order valence-corrected chi connectivity index (χ1v) is 7.59. The summed E-state index contributed by atoms with van der Waals surface area (Å²) in [6.07, 6.45) is 0.931. The zero-order valence-electron chi connectivity index (χ0n) is 9.21. The van der Waals surface area contributed by atoms with Crippen molar-refractivity contribution in [3.63, 3.8) is 0 Å². The third kappa shape index (κ3) is 3.99. The zero-order valence-corrected chi connectivity index (χ0v) is 10.8. The van der Waals surface area contributed by atoms with E-state index in [1.807, 2.05) is 0 Å². The lowest BCUT2D eigenvalue weighted by Crippen LogP contribution is -2.16. The van der Waals surface area contributed by atoms with Crippen LogP contribution in [0.15, 0.2) is 23.2 Å². The van der Waals surface area contributed by atoms with E-state index in [1.54, 1.807) is 26.0 Å². The molecule has 0 aliphatic rings. The van der Waals surface area contributed by atoms with E-state index in [-0.39, 0.29) is 11.1 Å². The van der Waals surface area contributed by atoms with Crippen LogP contribution in [0.5, 0.6) is 5.88 Å². The van der Waals surface area contributed by atoms with Gasteiger partial charge in [0.15, 0.2) is 0 Å². The van der Waals surface area contributed by atoms with Gasteiger partial charge >= 0.3 is 10.1 Å². The topological polar surface area (TPSA) is 79.3 Å². The van der Waals surface area contributed by atoms with Gasteiger partial charge in [-0.1, -0.05) is 6.07 Å². The maximum absolute atomic E-state index is 11.7. The third-order valence-electron chi connectivity index (χ3n) is 1.57. The average molecular weight is 263 g/mol. The highest BCUT2D eigenvalue weighted by Gasteiger charge is 2.18. The van der Waals surface area contributed by atoms with Crippen molar-refractivity contribution in [2.24, 2.45) is 0 Å². The Bertz CT molecular complexity index is 458. The van der Waals surface area contributed by atoms with Gasteiger partial charge in [-0.05, 0) is 13.8 Å². The van der Waals surface area contributed by atoms with Crippen molar-refractivity contribution < 1.29 is 17.2 Å². The summed E-state index contributed by atoms with van der Waals surface area (Å²) in [6.45, 7) is 3.59. The second-order valence-corrected chi connectivity index (χ2v) is 6.98. The van der Waals surface area contributed by atoms with Crippen molar-refractivity contribution in [3.8, 4) is 5.88 Å². The van der Waals surface area contributed by atoms with E-state index in [9.17, 15) is 13.0 Å². The Morgan fingerprint density at radius 1 is 1.44 bits per heavy atom. The predicted octanol–water partition coefficient (Wildman–Crippen LogP) is 0.936. The predicted molar refractivity (Wildman–Crippen MR) is 61.3 cm³/mol. The number of aromatic nitrogens is 1. The van der Waals surface area contributed by atoms with Crippen LogP contribution >= 0.6 is 0 Å². The lowest BCUT2D eigenvalue weighted by Gasteiger charge is -2.13. The SMILES string of the molecule is CC(C)[S+]([O-])c1cccc(OS(C)(=O)=O)n1. The van der Waals surface area contributed by atoms with Crippen molar-refractivity contribution >= 4 is 21.3 Å². The first-order valence-electron chi connectivity index (χ1n) is 4.56. The van der Waals surface area contributed by atoms with Crippen molar-refractivity contribution in [2.75, 3.05) is 6.26 Å². The van der Waals surface area contributed by atoms with E-state index in [0.29, 0.717) is 5.03 Å². The lowest BCUT2D eigenvalue weighted by molar-refractivity contribution is 0.478. The Balaban J connectivity index is 2.95. The van der Waals surface area contributed by atoms with Crippen LogP contribution in [0.4, 0.5) is 0 Å². The van der Waals surface area contributed by atoms with Crippen molar-refractivity contribution in [1.82, 2.24) is 4.98 Å². The molecule has 0 aliphatic carbocycles. The molecular weight excluding hydrogens is 250 g/mol. The minimum Gasteiger partial charge on any atom is -0.610 e. The fraction of sp³-hybridized carbons (Fsp3) is 0.444. The van der Waals surface area contributed by atoms with Gasteiger partial charge in [-0.25, -0.2) is 0 Å². The summed E-state index contributed by atoms with van der Waals surface area (Å²) >= 11 is -1.26. The Morgan fingerprint density at radius 3 is 2.56 bits per heavy atom. The minimum atomic E-state index is -3.60. The van der Waals surface area contributed by atoms with Crippen molar-refractivity contribution in [1.29, 1.82) is 0 Å². The van der Waals surface area contributed by atoms with Gasteiger partial charge in [0, 0.05) is 23.3 Å². The van der Waals surface area contributed by atoms with Gasteiger partial charge in [0.25, 0.3) is 0 Å². The summed E-state index contributed by atoms with van der Waals surface area (Å²) < 4.78 is 38.1. The molecule has 0 aromatic carbocycles. The molecule has 5 nitrogen and oxygen atoms in total. The summed E-state index contributed by atoms with van der Waals surface area (Å²) in [5.41, 5.74) is 0. The van der Waals surface area contributed by atoms with Crippen molar-refractivity contribution in [2.45, 2.75) is 24.1 Å². The molecule has 0 radical (unpaired) electrons. The maximum atomic E-state index is 11.7. The number of nitrogens with zero attached hydrogens (tertiary/aromatic N) is 1. The Morgan fingerprint density at radius 2 is 2.06 bits per heavy atom. The van der Waals surface area contributed by atoms with Gasteiger partial charge in [0.05, 0.1) is 6.26 Å². The van der Waals surface area contributed by atoms with Gasteiger partial charge in [0.2, 0.25) is 10.9 Å². The molecule has 1 unspecified atom stereocenters. The Hall–Kier alpha value is -0.790. The highest BCUT2D eigenvalue weighted by molar-refractivity contribution is 7.91. The van der Waals surface area contributed by atoms with E-state index >= 15 is 0 Å². The molecular formula is C9H13NO4S2. The molecule has 16 heavy (non-hydrogen) atoms. The molecule has 0 fully saturated rings. The second kappa shape index (κ2) is 5.03. The maximum Gasteiger partial charge on any atom is 0.307 e. The largest absolute Gasteiger partial charge is 0.610 e.